The fraction of sp³-hybridized carbons (Fsp3) is 0.250. The van der Waals surface area contributed by atoms with Crippen LogP contribution in [-0.2, 0) is 0 Å². The van der Waals surface area contributed by atoms with E-state index in [2.05, 4.69) is 41.0 Å². The van der Waals surface area contributed by atoms with Crippen molar-refractivity contribution in [2.45, 2.75) is 32.8 Å². The maximum atomic E-state index is 14.4. The zero-order chi connectivity index (χ0) is 22.5. The molecular formula is C24H26ClFN4O. The molecule has 5 nitrogen and oxygen atoms in total. The second-order valence-electron chi connectivity index (χ2n) is 7.69. The van der Waals surface area contributed by atoms with Gasteiger partial charge in [-0.3, -0.25) is 9.97 Å². The van der Waals surface area contributed by atoms with Gasteiger partial charge in [0.1, 0.15) is 5.82 Å². The molecular weight excluding hydrogens is 415 g/mol. The predicted octanol–water partition coefficient (Wildman–Crippen LogP) is 5.74. The largest absolute Gasteiger partial charge is 0.392 e. The summed E-state index contributed by atoms with van der Waals surface area (Å²) in [5.41, 5.74) is 4.79. The highest BCUT2D eigenvalue weighted by Gasteiger charge is 2.15. The number of halogens is 2. The second kappa shape index (κ2) is 9.90. The van der Waals surface area contributed by atoms with Gasteiger partial charge in [0.25, 0.3) is 0 Å². The van der Waals surface area contributed by atoms with Gasteiger partial charge in [0.05, 0.1) is 17.5 Å². The van der Waals surface area contributed by atoms with Crippen LogP contribution in [-0.4, -0.2) is 27.7 Å². The molecule has 3 rings (SSSR count). The molecule has 0 aliphatic rings. The Morgan fingerprint density at radius 3 is 2.65 bits per heavy atom. The molecule has 0 radical (unpaired) electrons. The highest BCUT2D eigenvalue weighted by atomic mass is 35.5. The van der Waals surface area contributed by atoms with Crippen LogP contribution in [0.3, 0.4) is 0 Å². The van der Waals surface area contributed by atoms with Crippen LogP contribution in [0, 0.1) is 5.82 Å². The minimum Gasteiger partial charge on any atom is -0.392 e. The Balaban J connectivity index is 2.01. The summed E-state index contributed by atoms with van der Waals surface area (Å²) in [6.07, 6.45) is 4.63. The lowest BCUT2D eigenvalue weighted by Gasteiger charge is -2.19. The molecule has 0 saturated heterocycles. The number of hydrogen-bond donors (Lipinski definition) is 3. The highest BCUT2D eigenvalue weighted by Crippen LogP contribution is 2.33. The van der Waals surface area contributed by atoms with E-state index >= 15 is 0 Å². The molecule has 0 aliphatic carbocycles. The van der Waals surface area contributed by atoms with E-state index in [0.717, 1.165) is 22.5 Å². The van der Waals surface area contributed by atoms with Crippen molar-refractivity contribution in [3.8, 4) is 11.3 Å². The van der Waals surface area contributed by atoms with Crippen LogP contribution in [0.25, 0.3) is 17.0 Å². The summed E-state index contributed by atoms with van der Waals surface area (Å²) in [6.45, 7) is 10.3. The van der Waals surface area contributed by atoms with Crippen molar-refractivity contribution in [1.29, 1.82) is 0 Å². The van der Waals surface area contributed by atoms with Gasteiger partial charge in [-0.2, -0.15) is 0 Å². The third-order valence-corrected chi connectivity index (χ3v) is 5.02. The van der Waals surface area contributed by atoms with Gasteiger partial charge in [0.2, 0.25) is 0 Å². The lowest BCUT2D eigenvalue weighted by molar-refractivity contribution is 0.197. The number of pyridine rings is 2. The molecule has 3 N–H and O–H groups in total. The van der Waals surface area contributed by atoms with E-state index < -0.39 is 6.10 Å². The molecule has 3 aromatic rings. The van der Waals surface area contributed by atoms with Gasteiger partial charge in [0, 0.05) is 52.7 Å². The van der Waals surface area contributed by atoms with Crippen molar-refractivity contribution in [2.24, 2.45) is 0 Å². The Hall–Kier alpha value is -2.96. The summed E-state index contributed by atoms with van der Waals surface area (Å²) < 4.78 is 14.4. The Bertz CT molecular complexity index is 1080. The van der Waals surface area contributed by atoms with Gasteiger partial charge in [0.15, 0.2) is 0 Å². The van der Waals surface area contributed by atoms with Gasteiger partial charge < -0.3 is 15.7 Å². The first-order valence-electron chi connectivity index (χ1n) is 10.0. The summed E-state index contributed by atoms with van der Waals surface area (Å²) >= 11 is 6.07. The smallest absolute Gasteiger partial charge is 0.132 e. The van der Waals surface area contributed by atoms with Crippen molar-refractivity contribution in [3.63, 3.8) is 0 Å². The lowest BCUT2D eigenvalue weighted by atomic mass is 10.0. The van der Waals surface area contributed by atoms with E-state index in [1.807, 2.05) is 12.1 Å². The number of nitrogens with zero attached hydrogens (tertiary/aromatic N) is 2. The fourth-order valence-corrected chi connectivity index (χ4v) is 3.30. The molecule has 2 aromatic heterocycles. The molecule has 0 unspecified atom stereocenters. The average Bonchev–Trinajstić information content (AvgIpc) is 2.74. The molecule has 0 aliphatic heterocycles. The SMILES string of the molecule is C=C(NC[C@H](C)O)c1cnccc1Nc1cc(-c2cc(Cl)ccc2F)ncc1C(C)C. The summed E-state index contributed by atoms with van der Waals surface area (Å²) in [5.74, 6) is -0.199. The third-order valence-electron chi connectivity index (χ3n) is 4.79. The van der Waals surface area contributed by atoms with Gasteiger partial charge in [-0.25, -0.2) is 4.39 Å². The molecule has 2 heterocycles. The van der Waals surface area contributed by atoms with Crippen molar-refractivity contribution in [3.05, 3.63) is 77.5 Å². The van der Waals surface area contributed by atoms with Gasteiger partial charge in [-0.1, -0.05) is 32.0 Å². The number of nitrogens with one attached hydrogen (secondary N) is 2. The topological polar surface area (TPSA) is 70.1 Å². The standard InChI is InChI=1S/C24H26ClFN4O/c1-14(2)19-13-29-23(18-9-17(25)5-6-21(18)26)10-24(19)30-22-7-8-27-12-20(22)16(4)28-11-15(3)31/h5-10,12-15,28,31H,4,11H2,1-3H3,(H,27,29,30)/t15-/m0/s1. The summed E-state index contributed by atoms with van der Waals surface area (Å²) in [4.78, 5) is 8.67. The Labute approximate surface area is 187 Å². The number of anilines is 2. The maximum absolute atomic E-state index is 14.4. The van der Waals surface area contributed by atoms with Gasteiger partial charge in [-0.15, -0.1) is 0 Å². The summed E-state index contributed by atoms with van der Waals surface area (Å²) in [7, 11) is 0. The molecule has 0 fully saturated rings. The number of rotatable bonds is 8. The number of aliphatic hydroxyl groups excluding tert-OH is 1. The quantitative estimate of drug-likeness (QED) is 0.416. The Morgan fingerprint density at radius 1 is 1.16 bits per heavy atom. The van der Waals surface area contributed by atoms with E-state index in [1.165, 1.54) is 12.1 Å². The van der Waals surface area contributed by atoms with Crippen LogP contribution in [0.2, 0.25) is 5.02 Å². The normalized spacial score (nSPS) is 12.0. The number of aromatic nitrogens is 2. The van der Waals surface area contributed by atoms with Crippen molar-refractivity contribution >= 4 is 28.7 Å². The van der Waals surface area contributed by atoms with Crippen LogP contribution >= 0.6 is 11.6 Å². The molecule has 0 spiro atoms. The first kappa shape index (κ1) is 22.7. The van der Waals surface area contributed by atoms with Crippen molar-refractivity contribution < 1.29 is 9.50 Å². The monoisotopic (exact) mass is 440 g/mol. The molecule has 0 saturated carbocycles. The van der Waals surface area contributed by atoms with Crippen LogP contribution in [0.5, 0.6) is 0 Å². The molecule has 0 amide bonds. The van der Waals surface area contributed by atoms with Crippen LogP contribution in [0.15, 0.2) is 55.5 Å². The van der Waals surface area contributed by atoms with E-state index in [9.17, 15) is 9.50 Å². The summed E-state index contributed by atoms with van der Waals surface area (Å²) in [5, 5.41) is 16.5. The third kappa shape index (κ3) is 5.60. The average molecular weight is 441 g/mol. The molecule has 31 heavy (non-hydrogen) atoms. The van der Waals surface area contributed by atoms with Crippen molar-refractivity contribution in [2.75, 3.05) is 11.9 Å². The Kier molecular flexibility index (Phi) is 7.25. The summed E-state index contributed by atoms with van der Waals surface area (Å²) in [6, 6.07) is 8.07. The fourth-order valence-electron chi connectivity index (χ4n) is 3.13. The number of hydrogen-bond acceptors (Lipinski definition) is 5. The van der Waals surface area contributed by atoms with Gasteiger partial charge >= 0.3 is 0 Å². The predicted molar refractivity (Wildman–Crippen MR) is 125 cm³/mol. The molecule has 1 aromatic carbocycles. The zero-order valence-electron chi connectivity index (χ0n) is 17.8. The second-order valence-corrected chi connectivity index (χ2v) is 8.13. The van der Waals surface area contributed by atoms with E-state index in [0.29, 0.717) is 28.5 Å². The maximum Gasteiger partial charge on any atom is 0.132 e. The van der Waals surface area contributed by atoms with Crippen LogP contribution in [0.1, 0.15) is 37.8 Å². The van der Waals surface area contributed by atoms with Gasteiger partial charge in [-0.05, 0) is 48.7 Å². The molecule has 162 valence electrons. The first-order chi connectivity index (χ1) is 14.8. The molecule has 7 heteroatoms. The first-order valence-corrected chi connectivity index (χ1v) is 10.4. The zero-order valence-corrected chi connectivity index (χ0v) is 18.5. The van der Waals surface area contributed by atoms with E-state index in [-0.39, 0.29) is 11.7 Å². The molecule has 0 bridgehead atoms. The van der Waals surface area contributed by atoms with Crippen LogP contribution < -0.4 is 10.6 Å². The number of aliphatic hydroxyl groups is 1. The van der Waals surface area contributed by atoms with E-state index in [1.54, 1.807) is 31.6 Å². The van der Waals surface area contributed by atoms with Crippen molar-refractivity contribution in [1.82, 2.24) is 15.3 Å². The minimum absolute atomic E-state index is 0.190. The Morgan fingerprint density at radius 2 is 1.94 bits per heavy atom. The number of benzene rings is 1. The van der Waals surface area contributed by atoms with Crippen LogP contribution in [0.4, 0.5) is 15.8 Å². The lowest BCUT2D eigenvalue weighted by Crippen LogP contribution is -2.23. The highest BCUT2D eigenvalue weighted by molar-refractivity contribution is 6.30. The minimum atomic E-state index is -0.507. The molecule has 1 atom stereocenters. The van der Waals surface area contributed by atoms with E-state index in [4.69, 9.17) is 11.6 Å².